The lowest BCUT2D eigenvalue weighted by atomic mass is 9.98. The Labute approximate surface area is 180 Å². The Morgan fingerprint density at radius 1 is 0.812 bits per heavy atom. The van der Waals surface area contributed by atoms with E-state index in [1.54, 1.807) is 0 Å². The molecule has 180 valence electrons. The number of hydrogen-bond acceptors (Lipinski definition) is 13. The minimum absolute atomic E-state index is 0.0804. The van der Waals surface area contributed by atoms with E-state index in [9.17, 15) is 45.9 Å². The Balaban J connectivity index is 1.64. The van der Waals surface area contributed by atoms with E-state index in [0.717, 1.165) is 12.1 Å². The number of aliphatic hydroxyl groups is 7. The van der Waals surface area contributed by atoms with Gasteiger partial charge in [0.1, 0.15) is 54.6 Å². The topological polar surface area (TPSA) is 222 Å². The number of nitro groups is 1. The largest absolute Gasteiger partial charge is 0.462 e. The number of hydrogen-bond donors (Lipinski definition) is 7. The third kappa shape index (κ3) is 5.15. The van der Waals surface area contributed by atoms with Crippen molar-refractivity contribution in [2.75, 3.05) is 13.2 Å². The monoisotopic (exact) mass is 463 g/mol. The highest BCUT2D eigenvalue weighted by Crippen LogP contribution is 2.27. The number of rotatable bonds is 7. The summed E-state index contributed by atoms with van der Waals surface area (Å²) in [5.74, 6) is 0.0804. The summed E-state index contributed by atoms with van der Waals surface area (Å²) >= 11 is 0. The van der Waals surface area contributed by atoms with Crippen LogP contribution in [0.15, 0.2) is 24.3 Å². The first-order valence-electron chi connectivity index (χ1n) is 9.67. The van der Waals surface area contributed by atoms with Gasteiger partial charge in [0.2, 0.25) is 6.29 Å². The van der Waals surface area contributed by atoms with Crippen molar-refractivity contribution in [3.8, 4) is 5.75 Å². The van der Waals surface area contributed by atoms with Crippen molar-refractivity contribution in [3.63, 3.8) is 0 Å². The standard InChI is InChI=1S/C18H25NO13/c20-5-9-11(21)13(23)15(25)17(31-9)29-6-10-12(22)14(24)16(26)18(32-10)30-8-3-1-7(2-4-8)19(27)28/h1-4,9-18,20-26H,5-6H2. The molecule has 2 aliphatic heterocycles. The normalized spacial score (nSPS) is 40.1. The Bertz CT molecular complexity index is 762. The second-order valence-electron chi connectivity index (χ2n) is 7.41. The maximum absolute atomic E-state index is 10.7. The lowest BCUT2D eigenvalue weighted by Gasteiger charge is -2.42. The maximum atomic E-state index is 10.7. The second-order valence-corrected chi connectivity index (χ2v) is 7.41. The number of aliphatic hydroxyl groups excluding tert-OH is 7. The summed E-state index contributed by atoms with van der Waals surface area (Å²) in [6.07, 6.45) is -15.4. The number of benzene rings is 1. The Morgan fingerprint density at radius 2 is 1.34 bits per heavy atom. The molecule has 2 fully saturated rings. The van der Waals surface area contributed by atoms with Gasteiger partial charge in [-0.15, -0.1) is 0 Å². The van der Waals surface area contributed by atoms with Crippen LogP contribution in [0.2, 0.25) is 0 Å². The van der Waals surface area contributed by atoms with Crippen molar-refractivity contribution < 1.29 is 59.6 Å². The second kappa shape index (κ2) is 10.3. The summed E-state index contributed by atoms with van der Waals surface area (Å²) in [7, 11) is 0. The van der Waals surface area contributed by atoms with Crippen molar-refractivity contribution in [2.24, 2.45) is 0 Å². The van der Waals surface area contributed by atoms with Gasteiger partial charge in [0.25, 0.3) is 5.69 Å². The summed E-state index contributed by atoms with van der Waals surface area (Å²) in [5.41, 5.74) is -0.191. The molecule has 2 saturated heterocycles. The zero-order chi connectivity index (χ0) is 23.6. The zero-order valence-corrected chi connectivity index (χ0v) is 16.5. The third-order valence-electron chi connectivity index (χ3n) is 5.24. The predicted molar refractivity (Wildman–Crippen MR) is 100 cm³/mol. The van der Waals surface area contributed by atoms with Crippen LogP contribution in [0.3, 0.4) is 0 Å². The summed E-state index contributed by atoms with van der Waals surface area (Å²) < 4.78 is 21.4. The van der Waals surface area contributed by atoms with Crippen LogP contribution in [-0.4, -0.2) is 115 Å². The van der Waals surface area contributed by atoms with Gasteiger partial charge in [-0.2, -0.15) is 0 Å². The van der Waals surface area contributed by atoms with Crippen LogP contribution in [0.5, 0.6) is 5.75 Å². The van der Waals surface area contributed by atoms with Crippen molar-refractivity contribution in [1.29, 1.82) is 0 Å². The SMILES string of the molecule is O=[N+]([O-])c1ccc(OC2OC(COC3OC(CO)C(O)C(O)C3O)C(O)C(O)C2O)cc1. The van der Waals surface area contributed by atoms with Crippen LogP contribution < -0.4 is 4.74 Å². The van der Waals surface area contributed by atoms with Crippen molar-refractivity contribution in [2.45, 2.75) is 61.4 Å². The molecule has 3 rings (SSSR count). The zero-order valence-electron chi connectivity index (χ0n) is 16.5. The minimum Gasteiger partial charge on any atom is -0.462 e. The number of nitrogens with zero attached hydrogens (tertiary/aromatic N) is 1. The molecule has 0 aromatic heterocycles. The van der Waals surface area contributed by atoms with Crippen LogP contribution in [0.4, 0.5) is 5.69 Å². The van der Waals surface area contributed by atoms with Crippen LogP contribution in [0.1, 0.15) is 0 Å². The highest BCUT2D eigenvalue weighted by Gasteiger charge is 2.47. The molecule has 0 amide bonds. The molecule has 10 unspecified atom stereocenters. The molecule has 0 aliphatic carbocycles. The fourth-order valence-electron chi connectivity index (χ4n) is 3.33. The van der Waals surface area contributed by atoms with Gasteiger partial charge in [0.15, 0.2) is 6.29 Å². The molecule has 32 heavy (non-hydrogen) atoms. The molecule has 7 N–H and O–H groups in total. The maximum Gasteiger partial charge on any atom is 0.269 e. The molecule has 14 heteroatoms. The van der Waals surface area contributed by atoms with Gasteiger partial charge in [-0.05, 0) is 12.1 Å². The molecule has 1 aromatic carbocycles. The molecule has 14 nitrogen and oxygen atoms in total. The average Bonchev–Trinajstić information content (AvgIpc) is 2.78. The van der Waals surface area contributed by atoms with Gasteiger partial charge in [-0.1, -0.05) is 0 Å². The summed E-state index contributed by atoms with van der Waals surface area (Å²) in [5, 5.41) is 80.1. The van der Waals surface area contributed by atoms with E-state index >= 15 is 0 Å². The van der Waals surface area contributed by atoms with Gasteiger partial charge >= 0.3 is 0 Å². The highest BCUT2D eigenvalue weighted by atomic mass is 16.7. The van der Waals surface area contributed by atoms with Crippen LogP contribution >= 0.6 is 0 Å². The number of ether oxygens (including phenoxy) is 4. The minimum atomic E-state index is -1.71. The van der Waals surface area contributed by atoms with Crippen LogP contribution in [0.25, 0.3) is 0 Å². The van der Waals surface area contributed by atoms with E-state index in [2.05, 4.69) is 0 Å². The molecule has 1 aromatic rings. The third-order valence-corrected chi connectivity index (χ3v) is 5.24. The van der Waals surface area contributed by atoms with E-state index in [1.165, 1.54) is 12.1 Å². The molecule has 0 radical (unpaired) electrons. The first-order chi connectivity index (χ1) is 15.1. The number of nitro benzene ring substituents is 1. The smallest absolute Gasteiger partial charge is 0.269 e. The molecular weight excluding hydrogens is 438 g/mol. The molecular formula is C18H25NO13. The predicted octanol–water partition coefficient (Wildman–Crippen LogP) is -3.40. The van der Waals surface area contributed by atoms with Crippen molar-refractivity contribution in [3.05, 3.63) is 34.4 Å². The Kier molecular flexibility index (Phi) is 7.94. The lowest BCUT2D eigenvalue weighted by Crippen LogP contribution is -2.62. The molecule has 2 heterocycles. The fourth-order valence-corrected chi connectivity index (χ4v) is 3.33. The van der Waals surface area contributed by atoms with Crippen LogP contribution in [-0.2, 0) is 14.2 Å². The summed E-state index contributed by atoms with van der Waals surface area (Å²) in [6.45, 7) is -1.17. The average molecular weight is 463 g/mol. The van der Waals surface area contributed by atoms with Crippen molar-refractivity contribution >= 4 is 5.69 Å². The number of non-ortho nitro benzene ring substituents is 1. The molecule has 10 atom stereocenters. The van der Waals surface area contributed by atoms with Gasteiger partial charge in [0.05, 0.1) is 18.1 Å². The Morgan fingerprint density at radius 3 is 1.91 bits per heavy atom. The van der Waals surface area contributed by atoms with E-state index in [0.29, 0.717) is 0 Å². The van der Waals surface area contributed by atoms with E-state index in [4.69, 9.17) is 18.9 Å². The quantitative estimate of drug-likeness (QED) is 0.155. The molecule has 0 bridgehead atoms. The molecule has 0 saturated carbocycles. The van der Waals surface area contributed by atoms with Gasteiger partial charge < -0.3 is 54.7 Å². The van der Waals surface area contributed by atoms with Crippen LogP contribution in [0, 0.1) is 10.1 Å². The van der Waals surface area contributed by atoms with E-state index in [1.807, 2.05) is 0 Å². The fraction of sp³-hybridized carbons (Fsp3) is 0.667. The van der Waals surface area contributed by atoms with Gasteiger partial charge in [-0.3, -0.25) is 10.1 Å². The first-order valence-corrected chi connectivity index (χ1v) is 9.67. The van der Waals surface area contributed by atoms with E-state index < -0.39 is 79.5 Å². The summed E-state index contributed by atoms with van der Waals surface area (Å²) in [4.78, 5) is 10.1. The Hall–Kier alpha value is -1.98. The lowest BCUT2D eigenvalue weighted by molar-refractivity contribution is -0.384. The van der Waals surface area contributed by atoms with E-state index in [-0.39, 0.29) is 11.4 Å². The van der Waals surface area contributed by atoms with Gasteiger partial charge in [-0.25, -0.2) is 0 Å². The van der Waals surface area contributed by atoms with Crippen molar-refractivity contribution in [1.82, 2.24) is 0 Å². The first kappa shape index (κ1) is 24.7. The highest BCUT2D eigenvalue weighted by molar-refractivity contribution is 5.36. The molecule has 0 spiro atoms. The summed E-state index contributed by atoms with van der Waals surface area (Å²) in [6, 6.07) is 4.83. The van der Waals surface area contributed by atoms with Gasteiger partial charge in [0, 0.05) is 12.1 Å². The molecule has 2 aliphatic rings.